The minimum absolute atomic E-state index is 0.0281. The van der Waals surface area contributed by atoms with Crippen LogP contribution in [0.25, 0.3) is 33.4 Å². The normalized spacial score (nSPS) is 28.8. The summed E-state index contributed by atoms with van der Waals surface area (Å²) in [5.41, 5.74) is 0.0299. The maximum Gasteiger partial charge on any atom is 0.282 e. The largest absolute Gasteiger partial charge is 0.489 e. The Balaban J connectivity index is 1.28. The van der Waals surface area contributed by atoms with Crippen molar-refractivity contribution in [3.63, 3.8) is 0 Å². The van der Waals surface area contributed by atoms with Crippen molar-refractivity contribution in [2.24, 2.45) is 0 Å². The van der Waals surface area contributed by atoms with E-state index in [2.05, 4.69) is 27.1 Å². The van der Waals surface area contributed by atoms with Crippen LogP contribution in [0.2, 0.25) is 0 Å². The Morgan fingerprint density at radius 1 is 1.16 bits per heavy atom. The molecule has 45 heavy (non-hydrogen) atoms. The van der Waals surface area contributed by atoms with Crippen LogP contribution >= 0.6 is 0 Å². The summed E-state index contributed by atoms with van der Waals surface area (Å²) in [6.07, 6.45) is 15.0. The maximum atomic E-state index is 14.9. The van der Waals surface area contributed by atoms with Gasteiger partial charge in [-0.05, 0) is 55.8 Å². The van der Waals surface area contributed by atoms with Gasteiger partial charge in [-0.25, -0.2) is 18.7 Å². The Kier molecular flexibility index (Phi) is 5.90. The molecule has 3 unspecified atom stereocenters. The number of hydrogen-bond acceptors (Lipinski definition) is 7. The highest BCUT2D eigenvalue weighted by Crippen LogP contribution is 2.43. The predicted molar refractivity (Wildman–Crippen MR) is 169 cm³/mol. The molecule has 7 heterocycles. The standard InChI is InChI=1S/C35H32F2N6O2/c1-2-23-24(37)9-7-20-5-3-6-26(30(20)23)43-18-28-31-32(34(43)44)39-29(11-13-35-12-4-14-41(35)16-21(36)15-35)40-33(31)42-17-22-8-10-25(38-22)27(42)19-45-28/h1,3,5-7,9,11,13,18,21-22,25,27,38H,4,8,10,12,14-17,19H2/b13-11+/t21-,22?,25?,27?,35-/m1/s1. The second-order valence-corrected chi connectivity index (χ2v) is 13.1. The molecule has 5 aliphatic heterocycles. The average molecular weight is 607 g/mol. The SMILES string of the molecule is C#Cc1c(F)ccc2cccc(-n3cc4c5c(nc(/C=C/[C@@]67CCCN6C[C@H](F)C7)nc5c3=O)N3CC5CCC(N5)C3CO4)c12. The molecular weight excluding hydrogens is 574 g/mol. The van der Waals surface area contributed by atoms with Crippen molar-refractivity contribution in [2.45, 2.75) is 61.9 Å². The van der Waals surface area contributed by atoms with Crippen LogP contribution in [0, 0.1) is 18.2 Å². The molecule has 10 heteroatoms. The summed E-state index contributed by atoms with van der Waals surface area (Å²) < 4.78 is 37.4. The fraction of sp³-hybridized carbons (Fsp3) is 0.400. The van der Waals surface area contributed by atoms with Gasteiger partial charge in [0.15, 0.2) is 5.82 Å². The summed E-state index contributed by atoms with van der Waals surface area (Å²) >= 11 is 0. The van der Waals surface area contributed by atoms with Gasteiger partial charge in [-0.1, -0.05) is 30.2 Å². The van der Waals surface area contributed by atoms with Gasteiger partial charge in [0, 0.05) is 42.5 Å². The topological polar surface area (TPSA) is 75.5 Å². The van der Waals surface area contributed by atoms with Crippen LogP contribution in [0.3, 0.4) is 0 Å². The first kappa shape index (κ1) is 27.0. The third kappa shape index (κ3) is 4.00. The van der Waals surface area contributed by atoms with E-state index in [-0.39, 0.29) is 34.3 Å². The Morgan fingerprint density at radius 3 is 2.96 bits per heavy atom. The molecule has 5 aliphatic rings. The fourth-order valence-corrected chi connectivity index (χ4v) is 8.60. The molecule has 0 aliphatic carbocycles. The van der Waals surface area contributed by atoms with E-state index in [1.165, 1.54) is 10.6 Å². The molecule has 4 saturated heterocycles. The summed E-state index contributed by atoms with van der Waals surface area (Å²) in [5, 5.41) is 5.49. The molecule has 228 valence electrons. The number of fused-ring (bicyclic) bond motifs is 7. The molecule has 4 aromatic rings. The number of rotatable bonds is 3. The second kappa shape index (κ2) is 9.83. The number of hydrogen-bond donors (Lipinski definition) is 1. The van der Waals surface area contributed by atoms with Crippen LogP contribution in [-0.4, -0.2) is 75.5 Å². The molecule has 2 aromatic heterocycles. The molecular formula is C35H32F2N6O2. The highest BCUT2D eigenvalue weighted by atomic mass is 19.1. The average Bonchev–Trinajstić information content (AvgIpc) is 3.68. The first-order chi connectivity index (χ1) is 21.9. The van der Waals surface area contributed by atoms with Crippen LogP contribution < -0.4 is 20.5 Å². The monoisotopic (exact) mass is 606 g/mol. The Labute approximate surface area is 258 Å². The van der Waals surface area contributed by atoms with Gasteiger partial charge in [-0.3, -0.25) is 14.3 Å². The summed E-state index contributed by atoms with van der Waals surface area (Å²) in [7, 11) is 0. The summed E-state index contributed by atoms with van der Waals surface area (Å²) in [6, 6.07) is 9.03. The van der Waals surface area contributed by atoms with Crippen molar-refractivity contribution < 1.29 is 13.5 Å². The summed E-state index contributed by atoms with van der Waals surface area (Å²) in [4.78, 5) is 28.9. The third-order valence-electron chi connectivity index (χ3n) is 10.6. The molecule has 0 spiro atoms. The number of nitrogens with one attached hydrogen (secondary N) is 1. The molecule has 0 radical (unpaired) electrons. The first-order valence-electron chi connectivity index (χ1n) is 15.8. The van der Waals surface area contributed by atoms with E-state index in [0.29, 0.717) is 59.5 Å². The van der Waals surface area contributed by atoms with E-state index in [1.807, 2.05) is 18.2 Å². The minimum Gasteiger partial charge on any atom is -0.489 e. The van der Waals surface area contributed by atoms with Gasteiger partial charge in [-0.15, -0.1) is 6.42 Å². The fourth-order valence-electron chi connectivity index (χ4n) is 8.60. The second-order valence-electron chi connectivity index (χ2n) is 13.1. The van der Waals surface area contributed by atoms with E-state index in [0.717, 1.165) is 44.2 Å². The number of pyridine rings is 1. The van der Waals surface area contributed by atoms with Crippen LogP contribution in [0.5, 0.6) is 5.75 Å². The number of piperazine rings is 1. The van der Waals surface area contributed by atoms with E-state index >= 15 is 0 Å². The van der Waals surface area contributed by atoms with E-state index in [1.54, 1.807) is 18.3 Å². The Morgan fingerprint density at radius 2 is 2.07 bits per heavy atom. The number of benzene rings is 2. The zero-order chi connectivity index (χ0) is 30.4. The van der Waals surface area contributed by atoms with Crippen molar-refractivity contribution in [1.82, 2.24) is 24.8 Å². The maximum absolute atomic E-state index is 14.9. The summed E-state index contributed by atoms with van der Waals surface area (Å²) in [6.45, 7) is 2.47. The zero-order valence-corrected chi connectivity index (χ0v) is 24.7. The van der Waals surface area contributed by atoms with Crippen LogP contribution in [0.4, 0.5) is 14.6 Å². The third-order valence-corrected chi connectivity index (χ3v) is 10.6. The van der Waals surface area contributed by atoms with E-state index in [4.69, 9.17) is 21.1 Å². The van der Waals surface area contributed by atoms with Gasteiger partial charge in [0.25, 0.3) is 5.56 Å². The van der Waals surface area contributed by atoms with Crippen LogP contribution in [0.15, 0.2) is 47.4 Å². The van der Waals surface area contributed by atoms with E-state index in [9.17, 15) is 13.6 Å². The lowest BCUT2D eigenvalue weighted by Crippen LogP contribution is -2.60. The summed E-state index contributed by atoms with van der Waals surface area (Å²) in [5.74, 6) is 3.54. The van der Waals surface area contributed by atoms with Gasteiger partial charge in [0.1, 0.15) is 35.7 Å². The highest BCUT2D eigenvalue weighted by Gasteiger charge is 2.47. The quantitative estimate of drug-likeness (QED) is 0.348. The van der Waals surface area contributed by atoms with Crippen LogP contribution in [-0.2, 0) is 0 Å². The van der Waals surface area contributed by atoms with E-state index < -0.39 is 12.0 Å². The molecule has 8 nitrogen and oxygen atoms in total. The molecule has 4 fully saturated rings. The minimum atomic E-state index is -0.862. The lowest BCUT2D eigenvalue weighted by molar-refractivity contribution is 0.243. The number of halogens is 2. The van der Waals surface area contributed by atoms with Crippen molar-refractivity contribution in [2.75, 3.05) is 31.1 Å². The number of alkyl halides is 1. The molecule has 0 amide bonds. The lowest BCUT2D eigenvalue weighted by Gasteiger charge is -2.40. The van der Waals surface area contributed by atoms with Gasteiger partial charge in [-0.2, -0.15) is 0 Å². The molecule has 9 rings (SSSR count). The number of ether oxygens (including phenoxy) is 1. The number of aromatic nitrogens is 3. The number of anilines is 1. The molecule has 1 N–H and O–H groups in total. The van der Waals surface area contributed by atoms with Crippen LogP contribution in [0.1, 0.15) is 43.5 Å². The van der Waals surface area contributed by atoms with Crippen molar-refractivity contribution in [3.8, 4) is 23.8 Å². The number of nitrogens with zero attached hydrogens (tertiary/aromatic N) is 5. The van der Waals surface area contributed by atoms with Gasteiger partial charge in [0.2, 0.25) is 0 Å². The highest BCUT2D eigenvalue weighted by molar-refractivity contribution is 5.98. The molecule has 5 atom stereocenters. The molecule has 0 saturated carbocycles. The Bertz CT molecular complexity index is 2040. The predicted octanol–water partition coefficient (Wildman–Crippen LogP) is 4.35. The first-order valence-corrected chi connectivity index (χ1v) is 15.8. The zero-order valence-electron chi connectivity index (χ0n) is 24.7. The van der Waals surface area contributed by atoms with Crippen molar-refractivity contribution in [3.05, 3.63) is 70.2 Å². The molecule has 2 aromatic carbocycles. The lowest BCUT2D eigenvalue weighted by atomic mass is 9.93. The Hall–Kier alpha value is -4.33. The smallest absolute Gasteiger partial charge is 0.282 e. The van der Waals surface area contributed by atoms with Gasteiger partial charge < -0.3 is 15.0 Å². The van der Waals surface area contributed by atoms with Crippen molar-refractivity contribution in [1.29, 1.82) is 0 Å². The van der Waals surface area contributed by atoms with Crippen molar-refractivity contribution >= 4 is 33.6 Å². The number of terminal acetylenes is 1. The van der Waals surface area contributed by atoms with Gasteiger partial charge >= 0.3 is 0 Å². The molecule has 2 bridgehead atoms. The van der Waals surface area contributed by atoms with Gasteiger partial charge in [0.05, 0.1) is 28.9 Å².